The normalized spacial score (nSPS) is 13.8. The van der Waals surface area contributed by atoms with Crippen LogP contribution in [-0.2, 0) is 15.0 Å². The first-order valence-corrected chi connectivity index (χ1v) is 15.7. The van der Waals surface area contributed by atoms with Crippen LogP contribution in [0.1, 0.15) is 12.8 Å². The second-order valence-electron chi connectivity index (χ2n) is 10.8. The highest BCUT2D eigenvalue weighted by Crippen LogP contribution is 2.38. The number of carbonyl (C=O) groups is 1. The predicted molar refractivity (Wildman–Crippen MR) is 175 cm³/mol. The maximum atomic E-state index is 13.1. The lowest BCUT2D eigenvalue weighted by Gasteiger charge is -2.26. The molecule has 1 aliphatic heterocycles. The van der Waals surface area contributed by atoms with Gasteiger partial charge in [-0.05, 0) is 50.2 Å². The summed E-state index contributed by atoms with van der Waals surface area (Å²) in [5.74, 6) is 0.467. The monoisotopic (exact) mass is 618 g/mol. The third kappa shape index (κ3) is 6.39. The fourth-order valence-corrected chi connectivity index (χ4v) is 6.26. The van der Waals surface area contributed by atoms with E-state index < -0.39 is 10.2 Å². The smallest absolute Gasteiger partial charge is 0.307 e. The van der Waals surface area contributed by atoms with Crippen molar-refractivity contribution < 1.29 is 17.9 Å². The van der Waals surface area contributed by atoms with E-state index in [4.69, 9.17) is 9.72 Å². The second-order valence-corrected chi connectivity index (χ2v) is 12.8. The Balaban J connectivity index is 1.49. The van der Waals surface area contributed by atoms with Gasteiger partial charge in [0, 0.05) is 63.6 Å². The van der Waals surface area contributed by atoms with Crippen LogP contribution in [0.5, 0.6) is 5.75 Å². The number of methoxy groups -OCH3 is 1. The molecule has 0 unspecified atom stereocenters. The first kappa shape index (κ1) is 31.0. The fourth-order valence-electron chi connectivity index (χ4n) is 5.26. The number of nitrogens with zero attached hydrogens (tertiary/aromatic N) is 6. The van der Waals surface area contributed by atoms with E-state index in [0.717, 1.165) is 37.3 Å². The Morgan fingerprint density at radius 1 is 1.11 bits per heavy atom. The van der Waals surface area contributed by atoms with Crippen molar-refractivity contribution in [1.82, 2.24) is 23.1 Å². The van der Waals surface area contributed by atoms with Gasteiger partial charge in [0.15, 0.2) is 0 Å². The minimum absolute atomic E-state index is 0.268. The Hall–Kier alpha value is -4.46. The van der Waals surface area contributed by atoms with E-state index in [1.807, 2.05) is 25.2 Å². The van der Waals surface area contributed by atoms with Crippen molar-refractivity contribution in [2.24, 2.45) is 0 Å². The number of fused-ring (bicyclic) bond motifs is 1. The summed E-state index contributed by atoms with van der Waals surface area (Å²) in [6.45, 7) is 7.49. The Morgan fingerprint density at radius 2 is 1.86 bits per heavy atom. The van der Waals surface area contributed by atoms with Crippen molar-refractivity contribution in [3.05, 3.63) is 67.5 Å². The Morgan fingerprint density at radius 3 is 2.57 bits per heavy atom. The average molecular weight is 619 g/mol. The molecule has 1 amide bonds. The van der Waals surface area contributed by atoms with Crippen LogP contribution in [0.15, 0.2) is 67.5 Å². The number of likely N-dealkylation sites (N-methyl/N-ethyl adjacent to an activating group) is 1. The molecule has 4 aromatic rings. The molecule has 13 heteroatoms. The van der Waals surface area contributed by atoms with Crippen molar-refractivity contribution in [3.63, 3.8) is 0 Å². The van der Waals surface area contributed by atoms with E-state index in [9.17, 15) is 13.2 Å². The number of benzene rings is 2. The van der Waals surface area contributed by atoms with Gasteiger partial charge in [-0.25, -0.2) is 13.9 Å². The second kappa shape index (κ2) is 13.0. The maximum Gasteiger partial charge on any atom is 0.307 e. The molecule has 1 saturated heterocycles. The Labute approximate surface area is 258 Å². The summed E-state index contributed by atoms with van der Waals surface area (Å²) in [7, 11) is 2.78. The van der Waals surface area contributed by atoms with E-state index >= 15 is 0 Å². The quantitative estimate of drug-likeness (QED) is 0.225. The van der Waals surface area contributed by atoms with Crippen LogP contribution in [0, 0.1) is 0 Å². The van der Waals surface area contributed by atoms with Crippen molar-refractivity contribution in [3.8, 4) is 17.0 Å². The van der Waals surface area contributed by atoms with Crippen LogP contribution in [0.3, 0.4) is 0 Å². The van der Waals surface area contributed by atoms with Crippen LogP contribution in [0.4, 0.5) is 23.0 Å². The molecule has 3 heterocycles. The Kier molecular flexibility index (Phi) is 9.18. The number of para-hydroxylation sites is 1. The van der Waals surface area contributed by atoms with Crippen molar-refractivity contribution >= 4 is 50.0 Å². The highest BCUT2D eigenvalue weighted by Gasteiger charge is 2.23. The molecule has 1 fully saturated rings. The van der Waals surface area contributed by atoms with Crippen LogP contribution >= 0.6 is 0 Å². The first-order valence-electron chi connectivity index (χ1n) is 14.3. The molecule has 232 valence electrons. The number of nitrogens with one attached hydrogen (secondary N) is 2. The van der Waals surface area contributed by atoms with Gasteiger partial charge in [0.05, 0.1) is 35.4 Å². The lowest BCUT2D eigenvalue weighted by molar-refractivity contribution is -0.111. The van der Waals surface area contributed by atoms with Crippen LogP contribution in [0.25, 0.3) is 22.2 Å². The van der Waals surface area contributed by atoms with E-state index in [-0.39, 0.29) is 11.9 Å². The van der Waals surface area contributed by atoms with Crippen LogP contribution in [-0.4, -0.2) is 91.9 Å². The number of anilines is 4. The van der Waals surface area contributed by atoms with E-state index in [0.29, 0.717) is 33.9 Å². The maximum absolute atomic E-state index is 13.1. The summed E-state index contributed by atoms with van der Waals surface area (Å²) in [5.41, 5.74) is 3.62. The van der Waals surface area contributed by atoms with Gasteiger partial charge < -0.3 is 25.2 Å². The molecule has 2 aromatic heterocycles. The number of aromatic nitrogens is 3. The zero-order valence-corrected chi connectivity index (χ0v) is 26.3. The van der Waals surface area contributed by atoms with E-state index in [1.54, 1.807) is 43.8 Å². The first-order chi connectivity index (χ1) is 21.1. The molecule has 1 aliphatic rings. The number of carbonyl (C=O) groups excluding carboxylic acids is 1. The predicted octanol–water partition coefficient (Wildman–Crippen LogP) is 4.16. The van der Waals surface area contributed by atoms with Gasteiger partial charge in [0.25, 0.3) is 0 Å². The summed E-state index contributed by atoms with van der Waals surface area (Å²) < 4.78 is 34.3. The molecule has 2 N–H and O–H groups in total. The summed E-state index contributed by atoms with van der Waals surface area (Å²) in [4.78, 5) is 26.0. The molecule has 0 bridgehead atoms. The number of hydrogen-bond donors (Lipinski definition) is 2. The minimum atomic E-state index is -3.77. The van der Waals surface area contributed by atoms with Gasteiger partial charge in [-0.3, -0.25) is 4.79 Å². The summed E-state index contributed by atoms with van der Waals surface area (Å²) in [6, 6.07) is 12.6. The molecular weight excluding hydrogens is 580 g/mol. The molecule has 0 radical (unpaired) electrons. The lowest BCUT2D eigenvalue weighted by atomic mass is 10.1. The van der Waals surface area contributed by atoms with Gasteiger partial charge in [-0.1, -0.05) is 24.8 Å². The van der Waals surface area contributed by atoms with Crippen molar-refractivity contribution in [1.29, 1.82) is 0 Å². The molecule has 0 atom stereocenters. The average Bonchev–Trinajstić information content (AvgIpc) is 3.69. The number of rotatable bonds is 12. The van der Waals surface area contributed by atoms with Crippen molar-refractivity contribution in [2.75, 3.05) is 70.0 Å². The summed E-state index contributed by atoms with van der Waals surface area (Å²) >= 11 is 0. The molecular formula is C31H38N8O4S. The molecule has 0 aliphatic carbocycles. The van der Waals surface area contributed by atoms with Crippen LogP contribution in [0.2, 0.25) is 0 Å². The highest BCUT2D eigenvalue weighted by atomic mass is 32.2. The highest BCUT2D eigenvalue weighted by molar-refractivity contribution is 7.87. The molecule has 0 saturated carbocycles. The standard InChI is InChI=1S/C31H38N8O4S/c1-6-30(40)33-25-19-26(29(43-5)20-28(25)37(4)17-18-38-15-9-10-16-38)35-31-32-14-13-24(34-31)23-21-39(44(41,42)36(2)3)27-12-8-7-11-22(23)27/h6-8,11-14,19-21H,1,9-10,15-18H2,2-5H3,(H,33,40)(H,32,34,35). The van der Waals surface area contributed by atoms with Gasteiger partial charge in [-0.15, -0.1) is 0 Å². The third-order valence-corrected chi connectivity index (χ3v) is 9.41. The van der Waals surface area contributed by atoms with Gasteiger partial charge in [0.2, 0.25) is 11.9 Å². The third-order valence-electron chi connectivity index (χ3n) is 7.69. The zero-order valence-electron chi connectivity index (χ0n) is 25.4. The number of ether oxygens (including phenoxy) is 1. The molecule has 5 rings (SSSR count). The zero-order chi connectivity index (χ0) is 31.4. The Bertz CT molecular complexity index is 1780. The van der Waals surface area contributed by atoms with Gasteiger partial charge in [0.1, 0.15) is 5.75 Å². The van der Waals surface area contributed by atoms with Gasteiger partial charge >= 0.3 is 10.2 Å². The fraction of sp³-hybridized carbons (Fsp3) is 0.323. The topological polar surface area (TPSA) is 125 Å². The van der Waals surface area contributed by atoms with Gasteiger partial charge in [-0.2, -0.15) is 12.7 Å². The number of likely N-dealkylation sites (tertiary alicyclic amines) is 1. The molecule has 0 spiro atoms. The lowest BCUT2D eigenvalue weighted by Crippen LogP contribution is -2.32. The molecule has 12 nitrogen and oxygen atoms in total. The number of amides is 1. The van der Waals surface area contributed by atoms with Crippen molar-refractivity contribution in [2.45, 2.75) is 12.8 Å². The number of hydrogen-bond acceptors (Lipinski definition) is 9. The van der Waals surface area contributed by atoms with E-state index in [1.165, 1.54) is 41.3 Å². The summed E-state index contributed by atoms with van der Waals surface area (Å²) in [6.07, 6.45) is 6.84. The molecule has 44 heavy (non-hydrogen) atoms. The summed E-state index contributed by atoms with van der Waals surface area (Å²) in [5, 5.41) is 6.88. The SMILES string of the molecule is C=CC(=O)Nc1cc(Nc2nccc(-c3cn(S(=O)(=O)N(C)C)c4ccccc34)n2)c(OC)cc1N(C)CCN1CCCC1. The minimum Gasteiger partial charge on any atom is -0.494 e. The van der Waals surface area contributed by atoms with Crippen LogP contribution < -0.4 is 20.3 Å². The largest absolute Gasteiger partial charge is 0.494 e. The van der Waals surface area contributed by atoms with E-state index in [2.05, 4.69) is 32.0 Å². The molecule has 2 aromatic carbocycles.